The first-order valence-electron chi connectivity index (χ1n) is 8.56. The highest BCUT2D eigenvalue weighted by Gasteiger charge is 2.22. The third kappa shape index (κ3) is 8.44. The van der Waals surface area contributed by atoms with Gasteiger partial charge in [-0.05, 0) is 44.4 Å². The Morgan fingerprint density at radius 2 is 2.04 bits per heavy atom. The van der Waals surface area contributed by atoms with E-state index < -0.39 is 5.91 Å². The number of nitrogens with zero attached hydrogens (tertiary/aromatic N) is 1. The molecule has 0 spiro atoms. The molecule has 0 aliphatic rings. The number of carbonyl (C=O) groups is 2. The molecule has 0 saturated carbocycles. The van der Waals surface area contributed by atoms with Crippen molar-refractivity contribution < 1.29 is 14.3 Å². The fourth-order valence-electron chi connectivity index (χ4n) is 2.50. The summed E-state index contributed by atoms with van der Waals surface area (Å²) in [6.07, 6.45) is 4.48. The highest BCUT2D eigenvalue weighted by Crippen LogP contribution is 2.19. The number of carbonyl (C=O) groups excluding carboxylic acids is 2. The summed E-state index contributed by atoms with van der Waals surface area (Å²) in [5, 5.41) is 2.57. The van der Waals surface area contributed by atoms with Gasteiger partial charge in [0.25, 0.3) is 0 Å². The van der Waals surface area contributed by atoms with Crippen molar-refractivity contribution in [2.24, 2.45) is 11.7 Å². The number of aromatic nitrogens is 1. The summed E-state index contributed by atoms with van der Waals surface area (Å²) in [6, 6.07) is 5.85. The molecule has 0 aliphatic carbocycles. The van der Waals surface area contributed by atoms with Crippen LogP contribution in [0.2, 0.25) is 0 Å². The van der Waals surface area contributed by atoms with Gasteiger partial charge < -0.3 is 15.8 Å². The van der Waals surface area contributed by atoms with E-state index in [1.165, 1.54) is 0 Å². The Labute approximate surface area is 149 Å². The second-order valence-electron chi connectivity index (χ2n) is 6.35. The highest BCUT2D eigenvalue weighted by atomic mass is 16.5. The minimum Gasteiger partial charge on any atom is -0.374 e. The van der Waals surface area contributed by atoms with E-state index in [1.807, 2.05) is 51.1 Å². The van der Waals surface area contributed by atoms with Crippen molar-refractivity contribution in [2.45, 2.75) is 52.2 Å². The number of pyridine rings is 1. The molecule has 0 radical (unpaired) electrons. The highest BCUT2D eigenvalue weighted by molar-refractivity contribution is 5.76. The van der Waals surface area contributed by atoms with Crippen molar-refractivity contribution >= 4 is 17.9 Å². The smallest absolute Gasteiger partial charge is 0.222 e. The molecule has 138 valence electrons. The lowest BCUT2D eigenvalue weighted by atomic mass is 9.97. The molecule has 1 rings (SSSR count). The van der Waals surface area contributed by atoms with E-state index in [1.54, 1.807) is 7.05 Å². The van der Waals surface area contributed by atoms with E-state index in [0.29, 0.717) is 0 Å². The summed E-state index contributed by atoms with van der Waals surface area (Å²) < 4.78 is 5.91. The lowest BCUT2D eigenvalue weighted by molar-refractivity contribution is -0.127. The molecule has 0 bridgehead atoms. The summed E-state index contributed by atoms with van der Waals surface area (Å²) in [5.41, 5.74) is 7.21. The normalized spacial score (nSPS) is 14.9. The predicted octanol–water partition coefficient (Wildman–Crippen LogP) is 2.21. The van der Waals surface area contributed by atoms with Crippen LogP contribution in [0.25, 0.3) is 6.08 Å². The molecule has 1 aromatic rings. The average molecular weight is 347 g/mol. The zero-order valence-corrected chi connectivity index (χ0v) is 15.5. The molecule has 1 aromatic heterocycles. The Balaban J connectivity index is 2.64. The number of ether oxygens (including phenoxy) is 1. The maximum atomic E-state index is 11.5. The van der Waals surface area contributed by atoms with Gasteiger partial charge in [-0.15, -0.1) is 0 Å². The van der Waals surface area contributed by atoms with Crippen LogP contribution < -0.4 is 11.1 Å². The number of hydrogen-bond acceptors (Lipinski definition) is 4. The van der Waals surface area contributed by atoms with E-state index in [0.717, 1.165) is 17.8 Å². The number of hydrogen-bond donors (Lipinski definition) is 2. The molecule has 0 saturated heterocycles. The van der Waals surface area contributed by atoms with Crippen LogP contribution in [0.3, 0.4) is 0 Å². The Hall–Kier alpha value is -2.21. The first-order valence-corrected chi connectivity index (χ1v) is 8.56. The van der Waals surface area contributed by atoms with E-state index in [2.05, 4.69) is 10.3 Å². The fraction of sp³-hybridized carbons (Fsp3) is 0.526. The van der Waals surface area contributed by atoms with Gasteiger partial charge in [0.1, 0.15) is 0 Å². The van der Waals surface area contributed by atoms with Gasteiger partial charge in [-0.1, -0.05) is 19.1 Å². The van der Waals surface area contributed by atoms with Crippen LogP contribution in [0.5, 0.6) is 0 Å². The van der Waals surface area contributed by atoms with Crippen molar-refractivity contribution in [2.75, 3.05) is 7.05 Å². The molecule has 3 N–H and O–H groups in total. The fourth-order valence-corrected chi connectivity index (χ4v) is 2.50. The quantitative estimate of drug-likeness (QED) is 0.678. The molecule has 0 aliphatic heterocycles. The summed E-state index contributed by atoms with van der Waals surface area (Å²) >= 11 is 0. The number of aryl methyl sites for hydroxylation is 1. The van der Waals surface area contributed by atoms with Gasteiger partial charge >= 0.3 is 0 Å². The summed E-state index contributed by atoms with van der Waals surface area (Å²) in [7, 11) is 1.59. The maximum Gasteiger partial charge on any atom is 0.222 e. The molecule has 6 heteroatoms. The van der Waals surface area contributed by atoms with Crippen LogP contribution in [0.4, 0.5) is 0 Å². The maximum absolute atomic E-state index is 11.5. The van der Waals surface area contributed by atoms with Crippen LogP contribution in [0.15, 0.2) is 24.3 Å². The van der Waals surface area contributed by atoms with Crippen molar-refractivity contribution in [3.8, 4) is 0 Å². The van der Waals surface area contributed by atoms with E-state index in [4.69, 9.17) is 10.5 Å². The minimum atomic E-state index is -0.409. The molecule has 3 unspecified atom stereocenters. The van der Waals surface area contributed by atoms with Crippen molar-refractivity contribution in [3.05, 3.63) is 35.7 Å². The third-order valence-corrected chi connectivity index (χ3v) is 3.90. The standard InChI is InChI=1S/C19H29N3O3/c1-13(7-5-9-16-10-6-8-14(2)22-16)17(12-18(20)23)25-15(3)11-19(24)21-4/h5-6,8-10,13,15,17H,7,11-12H2,1-4H3,(H2,20,23)(H,21,24). The number of allylic oxidation sites excluding steroid dienone is 1. The van der Waals surface area contributed by atoms with Gasteiger partial charge in [-0.25, -0.2) is 0 Å². The summed E-state index contributed by atoms with van der Waals surface area (Å²) in [5.74, 6) is -0.419. The Morgan fingerprint density at radius 3 is 2.64 bits per heavy atom. The van der Waals surface area contributed by atoms with Gasteiger partial charge in [0, 0.05) is 12.7 Å². The van der Waals surface area contributed by atoms with Gasteiger partial charge in [0.05, 0.1) is 30.7 Å². The number of primary amides is 1. The molecule has 0 aromatic carbocycles. The molecular weight excluding hydrogens is 318 g/mol. The molecule has 3 atom stereocenters. The topological polar surface area (TPSA) is 94.3 Å². The Morgan fingerprint density at radius 1 is 1.32 bits per heavy atom. The number of amides is 2. The van der Waals surface area contributed by atoms with Crippen molar-refractivity contribution in [3.63, 3.8) is 0 Å². The van der Waals surface area contributed by atoms with Crippen molar-refractivity contribution in [1.29, 1.82) is 0 Å². The van der Waals surface area contributed by atoms with Crippen molar-refractivity contribution in [1.82, 2.24) is 10.3 Å². The average Bonchev–Trinajstić information content (AvgIpc) is 2.53. The van der Waals surface area contributed by atoms with Gasteiger partial charge in [0.15, 0.2) is 0 Å². The van der Waals surface area contributed by atoms with Gasteiger partial charge in [-0.2, -0.15) is 0 Å². The molecular formula is C19H29N3O3. The van der Waals surface area contributed by atoms with Crippen LogP contribution in [-0.4, -0.2) is 36.1 Å². The predicted molar refractivity (Wildman–Crippen MR) is 98.6 cm³/mol. The number of nitrogens with two attached hydrogens (primary N) is 1. The van der Waals surface area contributed by atoms with Crippen LogP contribution in [0, 0.1) is 12.8 Å². The van der Waals surface area contributed by atoms with Gasteiger partial charge in [-0.3, -0.25) is 14.6 Å². The second kappa shape index (κ2) is 10.6. The molecule has 25 heavy (non-hydrogen) atoms. The van der Waals surface area contributed by atoms with Crippen LogP contribution >= 0.6 is 0 Å². The monoisotopic (exact) mass is 347 g/mol. The summed E-state index contributed by atoms with van der Waals surface area (Å²) in [4.78, 5) is 27.2. The molecule has 2 amide bonds. The molecule has 1 heterocycles. The lowest BCUT2D eigenvalue weighted by Crippen LogP contribution is -2.33. The van der Waals surface area contributed by atoms with Crippen LogP contribution in [0.1, 0.15) is 44.5 Å². The number of rotatable bonds is 10. The third-order valence-electron chi connectivity index (χ3n) is 3.90. The van der Waals surface area contributed by atoms with E-state index in [-0.39, 0.29) is 36.9 Å². The zero-order chi connectivity index (χ0) is 18.8. The minimum absolute atomic E-state index is 0.0840. The largest absolute Gasteiger partial charge is 0.374 e. The number of nitrogens with one attached hydrogen (secondary N) is 1. The zero-order valence-electron chi connectivity index (χ0n) is 15.5. The van der Waals surface area contributed by atoms with Crippen LogP contribution in [-0.2, 0) is 14.3 Å². The Bertz CT molecular complexity index is 601. The molecule has 0 fully saturated rings. The Kier molecular flexibility index (Phi) is 8.84. The van der Waals surface area contributed by atoms with Gasteiger partial charge in [0.2, 0.25) is 11.8 Å². The lowest BCUT2D eigenvalue weighted by Gasteiger charge is -2.26. The first kappa shape index (κ1) is 20.8. The van der Waals surface area contributed by atoms with E-state index >= 15 is 0 Å². The van der Waals surface area contributed by atoms with E-state index in [9.17, 15) is 9.59 Å². The molecule has 6 nitrogen and oxygen atoms in total. The SMILES string of the molecule is CNC(=O)CC(C)OC(CC(N)=O)C(C)CC=Cc1cccc(C)n1. The summed E-state index contributed by atoms with van der Waals surface area (Å²) in [6.45, 7) is 5.78. The first-order chi connectivity index (χ1) is 11.8. The second-order valence-corrected chi connectivity index (χ2v) is 6.35.